The minimum absolute atomic E-state index is 0.0668. The predicted molar refractivity (Wildman–Crippen MR) is 113 cm³/mol. The Balaban J connectivity index is 1.78. The fraction of sp³-hybridized carbons (Fsp3) is 0.200. The molecule has 0 saturated carbocycles. The first-order chi connectivity index (χ1) is 13.9. The number of amides is 1. The summed E-state index contributed by atoms with van der Waals surface area (Å²) in [4.78, 5) is 33.3. The number of hydrogen-bond acceptors (Lipinski definition) is 6. The van der Waals surface area contributed by atoms with Crippen molar-refractivity contribution in [2.45, 2.75) is 6.54 Å². The molecular weight excluding hydrogens is 392 g/mol. The van der Waals surface area contributed by atoms with Crippen molar-refractivity contribution < 1.29 is 14.3 Å². The van der Waals surface area contributed by atoms with Crippen LogP contribution in [-0.4, -0.2) is 47.2 Å². The molecule has 0 bridgehead atoms. The number of nitrogens with zero attached hydrogens (tertiary/aromatic N) is 2. The van der Waals surface area contributed by atoms with E-state index in [-0.39, 0.29) is 17.5 Å². The van der Waals surface area contributed by atoms with Crippen LogP contribution in [0.25, 0.3) is 10.9 Å². The molecule has 3 rings (SSSR count). The Labute approximate surface area is 172 Å². The van der Waals surface area contributed by atoms with Gasteiger partial charge in [0.05, 0.1) is 18.0 Å². The van der Waals surface area contributed by atoms with E-state index in [0.717, 1.165) is 5.56 Å². The molecule has 150 valence electrons. The molecule has 0 aliphatic heterocycles. The fourth-order valence-corrected chi connectivity index (χ4v) is 2.63. The molecule has 3 aromatic rings. The van der Waals surface area contributed by atoms with E-state index in [4.69, 9.17) is 21.7 Å². The molecule has 0 aliphatic carbocycles. The molecule has 0 unspecified atom stereocenters. The summed E-state index contributed by atoms with van der Waals surface area (Å²) in [5, 5.41) is 3.30. The van der Waals surface area contributed by atoms with E-state index in [1.165, 1.54) is 6.07 Å². The van der Waals surface area contributed by atoms with Gasteiger partial charge in [-0.3, -0.25) is 9.59 Å². The molecule has 8 nitrogen and oxygen atoms in total. The van der Waals surface area contributed by atoms with Gasteiger partial charge in [-0.2, -0.15) is 0 Å². The first-order valence-corrected chi connectivity index (χ1v) is 9.12. The van der Waals surface area contributed by atoms with E-state index in [1.54, 1.807) is 38.2 Å². The number of H-pyrrole nitrogens is 1. The van der Waals surface area contributed by atoms with Crippen LogP contribution >= 0.6 is 12.2 Å². The van der Waals surface area contributed by atoms with Crippen LogP contribution in [0.1, 0.15) is 16.2 Å². The lowest BCUT2D eigenvalue weighted by Gasteiger charge is -2.14. The fourth-order valence-electron chi connectivity index (χ4n) is 2.53. The largest absolute Gasteiger partial charge is 0.497 e. The van der Waals surface area contributed by atoms with E-state index >= 15 is 0 Å². The quantitative estimate of drug-likeness (QED) is 0.620. The topological polar surface area (TPSA) is 96.6 Å². The van der Waals surface area contributed by atoms with Crippen LogP contribution < -0.4 is 20.3 Å². The van der Waals surface area contributed by atoms with Crippen molar-refractivity contribution >= 4 is 34.2 Å². The SMILES string of the molecule is COc1cccc(CNC(=O)c2nc3ccc(OC(=S)N(C)C)cc3c(=O)[nH]2)c1. The predicted octanol–water partition coefficient (Wildman–Crippen LogP) is 2.09. The second-order valence-electron chi connectivity index (χ2n) is 6.39. The summed E-state index contributed by atoms with van der Waals surface area (Å²) < 4.78 is 10.7. The highest BCUT2D eigenvalue weighted by Gasteiger charge is 2.13. The van der Waals surface area contributed by atoms with Gasteiger partial charge in [0.1, 0.15) is 11.5 Å². The molecular formula is C20H20N4O4S. The molecule has 1 amide bonds. The van der Waals surface area contributed by atoms with Gasteiger partial charge in [-0.25, -0.2) is 4.98 Å². The van der Waals surface area contributed by atoms with Gasteiger partial charge in [0, 0.05) is 20.6 Å². The smallest absolute Gasteiger partial charge is 0.287 e. The van der Waals surface area contributed by atoms with Crippen LogP contribution in [0.4, 0.5) is 0 Å². The number of thiocarbonyl (C=S) groups is 1. The Morgan fingerprint density at radius 2 is 2.00 bits per heavy atom. The number of carbonyl (C=O) groups excluding carboxylic acids is 1. The number of ether oxygens (including phenoxy) is 2. The molecule has 0 saturated heterocycles. The number of aromatic nitrogens is 2. The van der Waals surface area contributed by atoms with Gasteiger partial charge in [0.15, 0.2) is 5.82 Å². The molecule has 2 aromatic carbocycles. The molecule has 9 heteroatoms. The lowest BCUT2D eigenvalue weighted by molar-refractivity contribution is 0.0940. The maximum Gasteiger partial charge on any atom is 0.287 e. The third-order valence-electron chi connectivity index (χ3n) is 4.05. The first-order valence-electron chi connectivity index (χ1n) is 8.71. The number of aromatic amines is 1. The van der Waals surface area contributed by atoms with E-state index < -0.39 is 11.5 Å². The molecule has 0 aliphatic rings. The van der Waals surface area contributed by atoms with E-state index in [2.05, 4.69) is 15.3 Å². The molecule has 0 radical (unpaired) electrons. The summed E-state index contributed by atoms with van der Waals surface area (Å²) in [6.07, 6.45) is 0. The van der Waals surface area contributed by atoms with Gasteiger partial charge in [0.2, 0.25) is 0 Å². The zero-order valence-corrected chi connectivity index (χ0v) is 17.0. The number of fused-ring (bicyclic) bond motifs is 1. The second kappa shape index (κ2) is 8.70. The van der Waals surface area contributed by atoms with Crippen molar-refractivity contribution in [1.82, 2.24) is 20.2 Å². The standard InChI is InChI=1S/C20H20N4O4S/c1-24(2)20(29)28-14-7-8-16-15(10-14)18(25)23-17(22-16)19(26)21-11-12-5-4-6-13(9-12)27-3/h4-10H,11H2,1-3H3,(H,21,26)(H,22,23,25). The number of hydrogen-bond donors (Lipinski definition) is 2. The van der Waals surface area contributed by atoms with Crippen LogP contribution in [0.3, 0.4) is 0 Å². The van der Waals surface area contributed by atoms with Gasteiger partial charge in [-0.15, -0.1) is 0 Å². The lowest BCUT2D eigenvalue weighted by atomic mass is 10.2. The summed E-state index contributed by atoms with van der Waals surface area (Å²) in [7, 11) is 5.09. The number of nitrogens with one attached hydrogen (secondary N) is 2. The Morgan fingerprint density at radius 3 is 2.72 bits per heavy atom. The van der Waals surface area contributed by atoms with Crippen LogP contribution in [0.2, 0.25) is 0 Å². The lowest BCUT2D eigenvalue weighted by Crippen LogP contribution is -2.27. The average molecular weight is 412 g/mol. The summed E-state index contributed by atoms with van der Waals surface area (Å²) >= 11 is 5.10. The van der Waals surface area contributed by atoms with E-state index in [9.17, 15) is 9.59 Å². The molecule has 0 fully saturated rings. The first kappa shape index (κ1) is 20.3. The highest BCUT2D eigenvalue weighted by atomic mass is 32.1. The number of benzene rings is 2. The zero-order valence-electron chi connectivity index (χ0n) is 16.2. The Hall–Kier alpha value is -3.46. The minimum Gasteiger partial charge on any atom is -0.497 e. The Kier molecular flexibility index (Phi) is 6.08. The summed E-state index contributed by atoms with van der Waals surface area (Å²) in [6, 6.07) is 12.1. The summed E-state index contributed by atoms with van der Waals surface area (Å²) in [6.45, 7) is 0.270. The zero-order chi connectivity index (χ0) is 21.0. The van der Waals surface area contributed by atoms with Gasteiger partial charge < -0.3 is 24.7 Å². The monoisotopic (exact) mass is 412 g/mol. The highest BCUT2D eigenvalue weighted by molar-refractivity contribution is 7.80. The number of rotatable bonds is 5. The van der Waals surface area contributed by atoms with Crippen molar-refractivity contribution in [2.24, 2.45) is 0 Å². The van der Waals surface area contributed by atoms with Crippen LogP contribution in [0, 0.1) is 0 Å². The van der Waals surface area contributed by atoms with Gasteiger partial charge in [-0.1, -0.05) is 12.1 Å². The van der Waals surface area contributed by atoms with Gasteiger partial charge in [-0.05, 0) is 48.1 Å². The van der Waals surface area contributed by atoms with Crippen molar-refractivity contribution in [3.8, 4) is 11.5 Å². The number of methoxy groups -OCH3 is 1. The van der Waals surface area contributed by atoms with Crippen molar-refractivity contribution in [3.63, 3.8) is 0 Å². The Morgan fingerprint density at radius 1 is 1.21 bits per heavy atom. The van der Waals surface area contributed by atoms with Crippen LogP contribution in [0.15, 0.2) is 47.3 Å². The van der Waals surface area contributed by atoms with Crippen molar-refractivity contribution in [1.29, 1.82) is 0 Å². The maximum atomic E-state index is 12.4. The Bertz CT molecular complexity index is 1130. The average Bonchev–Trinajstić information content (AvgIpc) is 2.72. The normalized spacial score (nSPS) is 10.4. The molecule has 1 heterocycles. The summed E-state index contributed by atoms with van der Waals surface area (Å²) in [5.41, 5.74) is 0.797. The van der Waals surface area contributed by atoms with Gasteiger partial charge in [0.25, 0.3) is 16.6 Å². The molecule has 2 N–H and O–H groups in total. The minimum atomic E-state index is -0.485. The van der Waals surface area contributed by atoms with Crippen LogP contribution in [-0.2, 0) is 6.54 Å². The summed E-state index contributed by atoms with van der Waals surface area (Å²) in [5.74, 6) is 0.559. The second-order valence-corrected chi connectivity index (χ2v) is 6.74. The van der Waals surface area contributed by atoms with Crippen molar-refractivity contribution in [3.05, 3.63) is 64.2 Å². The van der Waals surface area contributed by atoms with Crippen LogP contribution in [0.5, 0.6) is 11.5 Å². The third kappa shape index (κ3) is 4.88. The molecule has 29 heavy (non-hydrogen) atoms. The molecule has 0 spiro atoms. The molecule has 1 aromatic heterocycles. The van der Waals surface area contributed by atoms with E-state index in [1.807, 2.05) is 24.3 Å². The number of carbonyl (C=O) groups is 1. The maximum absolute atomic E-state index is 12.4. The van der Waals surface area contributed by atoms with Crippen molar-refractivity contribution in [2.75, 3.05) is 21.2 Å². The van der Waals surface area contributed by atoms with E-state index in [0.29, 0.717) is 22.4 Å². The third-order valence-corrected chi connectivity index (χ3v) is 4.50. The molecule has 0 atom stereocenters. The highest BCUT2D eigenvalue weighted by Crippen LogP contribution is 2.17. The van der Waals surface area contributed by atoms with Gasteiger partial charge >= 0.3 is 0 Å².